The first kappa shape index (κ1) is 17.4. The molecule has 0 heterocycles. The highest BCUT2D eigenvalue weighted by molar-refractivity contribution is 7.89. The summed E-state index contributed by atoms with van der Waals surface area (Å²) < 4.78 is 44.5. The molecule has 0 spiro atoms. The summed E-state index contributed by atoms with van der Waals surface area (Å²) in [4.78, 5) is 0.0631. The van der Waals surface area contributed by atoms with E-state index in [1.165, 1.54) is 23.5 Å². The molecule has 0 bridgehead atoms. The Kier molecular flexibility index (Phi) is 5.38. The quantitative estimate of drug-likeness (QED) is 0.813. The largest absolute Gasteiger partial charge is 0.492 e. The normalized spacial score (nSPS) is 11.7. The van der Waals surface area contributed by atoms with Gasteiger partial charge in [0.05, 0.1) is 4.90 Å². The summed E-state index contributed by atoms with van der Waals surface area (Å²) in [5.74, 6) is 0.280. The van der Waals surface area contributed by atoms with Crippen LogP contribution in [-0.2, 0) is 10.0 Å². The highest BCUT2D eigenvalue weighted by Gasteiger charge is 2.20. The van der Waals surface area contributed by atoms with Gasteiger partial charge in [-0.2, -0.15) is 4.31 Å². The van der Waals surface area contributed by atoms with Gasteiger partial charge in [0, 0.05) is 13.6 Å². The van der Waals surface area contributed by atoms with Crippen molar-refractivity contribution in [1.29, 1.82) is 0 Å². The maximum absolute atomic E-state index is 12.9. The minimum atomic E-state index is -3.64. The van der Waals surface area contributed by atoms with E-state index >= 15 is 0 Å². The molecule has 0 atom stereocenters. The molecule has 6 heteroatoms. The molecule has 0 aromatic heterocycles. The molecule has 2 aromatic rings. The fourth-order valence-corrected chi connectivity index (χ4v) is 3.21. The van der Waals surface area contributed by atoms with E-state index < -0.39 is 15.8 Å². The van der Waals surface area contributed by atoms with Crippen LogP contribution in [0.2, 0.25) is 0 Å². The molecule has 0 aliphatic carbocycles. The third kappa shape index (κ3) is 4.30. The van der Waals surface area contributed by atoms with Gasteiger partial charge in [0.1, 0.15) is 18.2 Å². The van der Waals surface area contributed by atoms with Gasteiger partial charge >= 0.3 is 0 Å². The van der Waals surface area contributed by atoms with Crippen LogP contribution in [0.4, 0.5) is 4.39 Å². The van der Waals surface area contributed by atoms with E-state index in [-0.39, 0.29) is 18.0 Å². The predicted octanol–water partition coefficient (Wildman–Crippen LogP) is 3.14. The smallest absolute Gasteiger partial charge is 0.242 e. The zero-order valence-corrected chi connectivity index (χ0v) is 14.2. The molecule has 124 valence electrons. The topological polar surface area (TPSA) is 46.6 Å². The van der Waals surface area contributed by atoms with Crippen LogP contribution >= 0.6 is 0 Å². The Morgan fingerprint density at radius 1 is 1.09 bits per heavy atom. The summed E-state index contributed by atoms with van der Waals surface area (Å²) in [6.07, 6.45) is 0. The molecule has 0 amide bonds. The first-order valence-corrected chi connectivity index (χ1v) is 8.66. The number of hydrogen-bond donors (Lipinski definition) is 0. The first-order chi connectivity index (χ1) is 10.8. The highest BCUT2D eigenvalue weighted by Crippen LogP contribution is 2.19. The van der Waals surface area contributed by atoms with Gasteiger partial charge in [-0.25, -0.2) is 12.8 Å². The number of sulfonamides is 1. The second-order valence-electron chi connectivity index (χ2n) is 5.40. The number of benzene rings is 2. The molecule has 0 fully saturated rings. The molecule has 0 aliphatic heterocycles. The standard InChI is InChI=1S/C17H20FNO3S/c1-13-4-5-14(2)17(12-13)22-11-10-19(3)23(20,21)16-8-6-15(18)7-9-16/h4-9,12H,10-11H2,1-3H3. The Morgan fingerprint density at radius 2 is 1.74 bits per heavy atom. The molecule has 2 rings (SSSR count). The van der Waals surface area contributed by atoms with Crippen LogP contribution in [0.3, 0.4) is 0 Å². The molecule has 0 saturated heterocycles. The number of nitrogens with zero attached hydrogens (tertiary/aromatic N) is 1. The van der Waals surface area contributed by atoms with Crippen LogP contribution in [0.1, 0.15) is 11.1 Å². The lowest BCUT2D eigenvalue weighted by molar-refractivity contribution is 0.285. The Bertz CT molecular complexity index is 773. The summed E-state index contributed by atoms with van der Waals surface area (Å²) in [6, 6.07) is 10.7. The minimum absolute atomic E-state index is 0.0631. The number of halogens is 1. The number of ether oxygens (including phenoxy) is 1. The fraction of sp³-hybridized carbons (Fsp3) is 0.294. The van der Waals surface area contributed by atoms with Crippen LogP contribution in [-0.4, -0.2) is 32.9 Å². The molecule has 23 heavy (non-hydrogen) atoms. The molecule has 4 nitrogen and oxygen atoms in total. The van der Waals surface area contributed by atoms with Crippen molar-refractivity contribution in [2.75, 3.05) is 20.2 Å². The summed E-state index contributed by atoms with van der Waals surface area (Å²) in [5, 5.41) is 0. The van der Waals surface area contributed by atoms with E-state index in [1.54, 1.807) is 0 Å². The van der Waals surface area contributed by atoms with Crippen LogP contribution in [0.5, 0.6) is 5.75 Å². The van der Waals surface area contributed by atoms with Gasteiger partial charge in [-0.15, -0.1) is 0 Å². The van der Waals surface area contributed by atoms with Crippen LogP contribution in [0.25, 0.3) is 0 Å². The summed E-state index contributed by atoms with van der Waals surface area (Å²) >= 11 is 0. The molecule has 0 N–H and O–H groups in total. The second kappa shape index (κ2) is 7.10. The summed E-state index contributed by atoms with van der Waals surface area (Å²) in [6.45, 7) is 4.35. The molecule has 0 aliphatic rings. The van der Waals surface area contributed by atoms with E-state index in [9.17, 15) is 12.8 Å². The third-order valence-electron chi connectivity index (χ3n) is 3.53. The zero-order valence-electron chi connectivity index (χ0n) is 13.4. The van der Waals surface area contributed by atoms with Gasteiger partial charge < -0.3 is 4.74 Å². The van der Waals surface area contributed by atoms with E-state index in [4.69, 9.17) is 4.74 Å². The average molecular weight is 337 g/mol. The van der Waals surface area contributed by atoms with Crippen LogP contribution in [0.15, 0.2) is 47.4 Å². The van der Waals surface area contributed by atoms with Crippen molar-refractivity contribution >= 4 is 10.0 Å². The fourth-order valence-electron chi connectivity index (χ4n) is 2.05. The third-order valence-corrected chi connectivity index (χ3v) is 5.40. The maximum Gasteiger partial charge on any atom is 0.242 e. The van der Waals surface area contributed by atoms with E-state index in [1.807, 2.05) is 32.0 Å². The van der Waals surface area contributed by atoms with E-state index in [2.05, 4.69) is 0 Å². The molecule has 0 saturated carbocycles. The van der Waals surface area contributed by atoms with Crippen molar-refractivity contribution in [3.05, 3.63) is 59.4 Å². The van der Waals surface area contributed by atoms with Gasteiger partial charge in [-0.1, -0.05) is 12.1 Å². The first-order valence-electron chi connectivity index (χ1n) is 7.22. The lowest BCUT2D eigenvalue weighted by Crippen LogP contribution is -2.31. The lowest BCUT2D eigenvalue weighted by atomic mass is 10.1. The Labute approximate surface area is 136 Å². The van der Waals surface area contributed by atoms with Crippen LogP contribution in [0, 0.1) is 19.7 Å². The molecule has 0 unspecified atom stereocenters. The van der Waals surface area contributed by atoms with E-state index in [0.717, 1.165) is 29.0 Å². The van der Waals surface area contributed by atoms with Crippen LogP contribution < -0.4 is 4.74 Å². The monoisotopic (exact) mass is 337 g/mol. The van der Waals surface area contributed by atoms with Gasteiger partial charge in [0.15, 0.2) is 0 Å². The van der Waals surface area contributed by atoms with Crippen molar-refractivity contribution in [2.45, 2.75) is 18.7 Å². The zero-order chi connectivity index (χ0) is 17.0. The van der Waals surface area contributed by atoms with Gasteiger partial charge in [0.2, 0.25) is 10.0 Å². The minimum Gasteiger partial charge on any atom is -0.492 e. The Balaban J connectivity index is 2.00. The number of aryl methyl sites for hydroxylation is 2. The van der Waals surface area contributed by atoms with E-state index in [0.29, 0.717) is 0 Å². The predicted molar refractivity (Wildman–Crippen MR) is 87.6 cm³/mol. The van der Waals surface area contributed by atoms with Gasteiger partial charge in [0.25, 0.3) is 0 Å². The Morgan fingerprint density at radius 3 is 2.39 bits per heavy atom. The number of likely N-dealkylation sites (N-methyl/N-ethyl adjacent to an activating group) is 1. The van der Waals surface area contributed by atoms with Crippen molar-refractivity contribution < 1.29 is 17.5 Å². The average Bonchev–Trinajstić information content (AvgIpc) is 2.51. The SMILES string of the molecule is Cc1ccc(C)c(OCCN(C)S(=O)(=O)c2ccc(F)cc2)c1. The van der Waals surface area contributed by atoms with Gasteiger partial charge in [-0.05, 0) is 55.3 Å². The molecular weight excluding hydrogens is 317 g/mol. The molecule has 0 radical (unpaired) electrons. The maximum atomic E-state index is 12.9. The molecular formula is C17H20FNO3S. The summed E-state index contributed by atoms with van der Waals surface area (Å²) in [5.41, 5.74) is 2.08. The van der Waals surface area contributed by atoms with Crippen molar-refractivity contribution in [3.63, 3.8) is 0 Å². The summed E-state index contributed by atoms with van der Waals surface area (Å²) in [7, 11) is -2.16. The number of rotatable bonds is 6. The molecule has 2 aromatic carbocycles. The second-order valence-corrected chi connectivity index (χ2v) is 7.44. The van der Waals surface area contributed by atoms with Gasteiger partial charge in [-0.3, -0.25) is 0 Å². The van der Waals surface area contributed by atoms with Crippen molar-refractivity contribution in [1.82, 2.24) is 4.31 Å². The highest BCUT2D eigenvalue weighted by atomic mass is 32.2. The lowest BCUT2D eigenvalue weighted by Gasteiger charge is -2.18. The van der Waals surface area contributed by atoms with Crippen molar-refractivity contribution in [3.8, 4) is 5.75 Å². The number of hydrogen-bond acceptors (Lipinski definition) is 3. The van der Waals surface area contributed by atoms with Crippen molar-refractivity contribution in [2.24, 2.45) is 0 Å². The Hall–Kier alpha value is -1.92.